The number of carboxylic acids is 1. The first-order chi connectivity index (χ1) is 9.62. The van der Waals surface area contributed by atoms with Crippen molar-refractivity contribution in [3.8, 4) is 0 Å². The first kappa shape index (κ1) is 17.9. The van der Waals surface area contributed by atoms with Gasteiger partial charge in [0.15, 0.2) is 9.84 Å². The van der Waals surface area contributed by atoms with Gasteiger partial charge < -0.3 is 10.0 Å². The summed E-state index contributed by atoms with van der Waals surface area (Å²) in [6, 6.07) is -0.0269. The first-order valence-corrected chi connectivity index (χ1v) is 9.17. The Morgan fingerprint density at radius 1 is 1.29 bits per heavy atom. The van der Waals surface area contributed by atoms with E-state index in [0.29, 0.717) is 12.8 Å². The van der Waals surface area contributed by atoms with E-state index in [-0.39, 0.29) is 42.3 Å². The average Bonchev–Trinajstić information content (AvgIpc) is 2.34. The van der Waals surface area contributed by atoms with Crippen molar-refractivity contribution in [2.45, 2.75) is 46.1 Å². The summed E-state index contributed by atoms with van der Waals surface area (Å²) in [5.74, 6) is -1.75. The number of likely N-dealkylation sites (tertiary alicyclic amines) is 1. The third kappa shape index (κ3) is 5.65. The van der Waals surface area contributed by atoms with Crippen molar-refractivity contribution < 1.29 is 23.1 Å². The first-order valence-electron chi connectivity index (χ1n) is 7.35. The Bertz CT molecular complexity index is 486. The number of piperidine rings is 1. The standard InChI is InChI=1S/C14H25NO5S/c1-10(2)9-21(19,20)7-6-13(16)15-8-12(14(17)18)5-4-11(15)3/h10-12H,4-9H2,1-3H3,(H,17,18). The Kier molecular flexibility index (Phi) is 6.19. The highest BCUT2D eigenvalue weighted by atomic mass is 32.2. The molecule has 21 heavy (non-hydrogen) atoms. The van der Waals surface area contributed by atoms with Crippen LogP contribution in [0.5, 0.6) is 0 Å². The fourth-order valence-electron chi connectivity index (χ4n) is 2.63. The van der Waals surface area contributed by atoms with Crippen LogP contribution in [0.1, 0.15) is 40.0 Å². The summed E-state index contributed by atoms with van der Waals surface area (Å²) in [5.41, 5.74) is 0. The number of nitrogens with zero attached hydrogens (tertiary/aromatic N) is 1. The third-order valence-electron chi connectivity index (χ3n) is 3.77. The monoisotopic (exact) mass is 319 g/mol. The molecule has 1 amide bonds. The summed E-state index contributed by atoms with van der Waals surface area (Å²) < 4.78 is 23.6. The summed E-state index contributed by atoms with van der Waals surface area (Å²) in [5, 5.41) is 9.05. The molecule has 1 fully saturated rings. The Balaban J connectivity index is 2.59. The Labute approximate surface area is 126 Å². The van der Waals surface area contributed by atoms with Gasteiger partial charge in [0.2, 0.25) is 5.91 Å². The van der Waals surface area contributed by atoms with Crippen LogP contribution >= 0.6 is 0 Å². The molecule has 0 radical (unpaired) electrons. The number of sulfone groups is 1. The molecule has 0 spiro atoms. The van der Waals surface area contributed by atoms with Crippen LogP contribution in [0.2, 0.25) is 0 Å². The Morgan fingerprint density at radius 2 is 1.90 bits per heavy atom. The topological polar surface area (TPSA) is 91.8 Å². The SMILES string of the molecule is CC(C)CS(=O)(=O)CCC(=O)N1CC(C(=O)O)CCC1C. The molecule has 122 valence electrons. The minimum atomic E-state index is -3.23. The summed E-state index contributed by atoms with van der Waals surface area (Å²) in [6.45, 7) is 5.70. The number of aliphatic carboxylic acids is 1. The quantitative estimate of drug-likeness (QED) is 0.793. The summed E-state index contributed by atoms with van der Waals surface area (Å²) >= 11 is 0. The smallest absolute Gasteiger partial charge is 0.308 e. The number of amides is 1. The fourth-order valence-corrected chi connectivity index (χ4v) is 4.30. The van der Waals surface area contributed by atoms with Crippen LogP contribution in [0.3, 0.4) is 0 Å². The van der Waals surface area contributed by atoms with E-state index in [1.807, 2.05) is 20.8 Å². The molecule has 1 aliphatic heterocycles. The highest BCUT2D eigenvalue weighted by Crippen LogP contribution is 2.23. The number of carboxylic acid groups (broad SMARTS) is 1. The molecule has 1 saturated heterocycles. The lowest BCUT2D eigenvalue weighted by molar-refractivity contribution is -0.147. The molecule has 6 nitrogen and oxygen atoms in total. The maximum absolute atomic E-state index is 12.2. The van der Waals surface area contributed by atoms with Crippen molar-refractivity contribution in [2.24, 2.45) is 11.8 Å². The number of carbonyl (C=O) groups is 2. The van der Waals surface area contributed by atoms with E-state index >= 15 is 0 Å². The Hall–Kier alpha value is -1.11. The minimum Gasteiger partial charge on any atom is -0.481 e. The van der Waals surface area contributed by atoms with Crippen LogP contribution in [0.25, 0.3) is 0 Å². The van der Waals surface area contributed by atoms with Gasteiger partial charge in [-0.1, -0.05) is 13.8 Å². The van der Waals surface area contributed by atoms with Crippen molar-refractivity contribution in [2.75, 3.05) is 18.1 Å². The molecule has 0 aliphatic carbocycles. The van der Waals surface area contributed by atoms with Crippen molar-refractivity contribution in [1.82, 2.24) is 4.90 Å². The van der Waals surface area contributed by atoms with E-state index in [9.17, 15) is 18.0 Å². The summed E-state index contributed by atoms with van der Waals surface area (Å²) in [6.07, 6.45) is 1.14. The van der Waals surface area contributed by atoms with Gasteiger partial charge in [0.1, 0.15) is 0 Å². The maximum Gasteiger partial charge on any atom is 0.308 e. The van der Waals surface area contributed by atoms with Crippen LogP contribution in [-0.2, 0) is 19.4 Å². The molecular weight excluding hydrogens is 294 g/mol. The van der Waals surface area contributed by atoms with E-state index in [1.165, 1.54) is 4.90 Å². The zero-order chi connectivity index (χ0) is 16.2. The van der Waals surface area contributed by atoms with Gasteiger partial charge in [-0.05, 0) is 25.7 Å². The molecule has 0 saturated carbocycles. The van der Waals surface area contributed by atoms with Crippen LogP contribution in [-0.4, -0.2) is 54.4 Å². The molecule has 1 N–H and O–H groups in total. The van der Waals surface area contributed by atoms with Crippen LogP contribution < -0.4 is 0 Å². The number of rotatable bonds is 6. The van der Waals surface area contributed by atoms with Gasteiger partial charge in [-0.15, -0.1) is 0 Å². The maximum atomic E-state index is 12.2. The molecular formula is C14H25NO5S. The molecule has 0 bridgehead atoms. The van der Waals surface area contributed by atoms with Crippen molar-refractivity contribution >= 4 is 21.7 Å². The second-order valence-electron chi connectivity index (χ2n) is 6.27. The normalized spacial score (nSPS) is 23.3. The van der Waals surface area contributed by atoms with Gasteiger partial charge >= 0.3 is 5.97 Å². The largest absolute Gasteiger partial charge is 0.481 e. The molecule has 1 aliphatic rings. The third-order valence-corrected chi connectivity index (χ3v) is 5.77. The van der Waals surface area contributed by atoms with Gasteiger partial charge in [-0.3, -0.25) is 9.59 Å². The van der Waals surface area contributed by atoms with Gasteiger partial charge in [0.05, 0.1) is 17.4 Å². The highest BCUT2D eigenvalue weighted by Gasteiger charge is 2.32. The van der Waals surface area contributed by atoms with E-state index in [2.05, 4.69) is 0 Å². The summed E-state index contributed by atoms with van der Waals surface area (Å²) in [7, 11) is -3.23. The highest BCUT2D eigenvalue weighted by molar-refractivity contribution is 7.91. The van der Waals surface area contributed by atoms with Gasteiger partial charge in [-0.2, -0.15) is 0 Å². The van der Waals surface area contributed by atoms with Crippen molar-refractivity contribution in [1.29, 1.82) is 0 Å². The molecule has 0 aromatic carbocycles. The molecule has 2 atom stereocenters. The van der Waals surface area contributed by atoms with Crippen LogP contribution in [0.4, 0.5) is 0 Å². The lowest BCUT2D eigenvalue weighted by atomic mass is 9.93. The fraction of sp³-hybridized carbons (Fsp3) is 0.857. The second kappa shape index (κ2) is 7.24. The van der Waals surface area contributed by atoms with Crippen molar-refractivity contribution in [3.63, 3.8) is 0 Å². The Morgan fingerprint density at radius 3 is 2.43 bits per heavy atom. The lowest BCUT2D eigenvalue weighted by Crippen LogP contribution is -2.47. The van der Waals surface area contributed by atoms with E-state index in [4.69, 9.17) is 5.11 Å². The van der Waals surface area contributed by atoms with Crippen LogP contribution in [0, 0.1) is 11.8 Å². The molecule has 0 aromatic heterocycles. The predicted octanol–water partition coefficient (Wildman–Crippen LogP) is 1.16. The average molecular weight is 319 g/mol. The number of carbonyl (C=O) groups excluding carboxylic acids is 1. The van der Waals surface area contributed by atoms with E-state index in [1.54, 1.807) is 0 Å². The molecule has 0 aromatic rings. The zero-order valence-corrected chi connectivity index (χ0v) is 13.7. The molecule has 1 rings (SSSR count). The van der Waals surface area contributed by atoms with E-state index < -0.39 is 21.7 Å². The second-order valence-corrected chi connectivity index (χ2v) is 8.49. The van der Waals surface area contributed by atoms with Gasteiger partial charge in [0, 0.05) is 19.0 Å². The number of hydrogen-bond donors (Lipinski definition) is 1. The molecule has 1 heterocycles. The van der Waals surface area contributed by atoms with E-state index in [0.717, 1.165) is 0 Å². The number of hydrogen-bond acceptors (Lipinski definition) is 4. The van der Waals surface area contributed by atoms with Crippen LogP contribution in [0.15, 0.2) is 0 Å². The van der Waals surface area contributed by atoms with Gasteiger partial charge in [0.25, 0.3) is 0 Å². The lowest BCUT2D eigenvalue weighted by Gasteiger charge is -2.36. The minimum absolute atomic E-state index is 0.0269. The predicted molar refractivity (Wildman–Crippen MR) is 79.6 cm³/mol. The summed E-state index contributed by atoms with van der Waals surface area (Å²) in [4.78, 5) is 24.7. The molecule has 2 unspecified atom stereocenters. The molecule has 7 heteroatoms. The van der Waals surface area contributed by atoms with Crippen molar-refractivity contribution in [3.05, 3.63) is 0 Å². The zero-order valence-electron chi connectivity index (χ0n) is 12.9. The van der Waals surface area contributed by atoms with Gasteiger partial charge in [-0.25, -0.2) is 8.42 Å².